The predicted molar refractivity (Wildman–Crippen MR) is 75.5 cm³/mol. The van der Waals surface area contributed by atoms with Crippen LogP contribution in [-0.2, 0) is 26.5 Å². The largest absolute Gasteiger partial charge is 0.461 e. The molecule has 0 aliphatic carbocycles. The molecular weight excluding hydrogens is 296 g/mol. The summed E-state index contributed by atoms with van der Waals surface area (Å²) in [5.74, 6) is -0.541. The zero-order chi connectivity index (χ0) is 15.5. The van der Waals surface area contributed by atoms with E-state index in [0.29, 0.717) is 6.61 Å². The molecule has 1 fully saturated rings. The highest BCUT2D eigenvalue weighted by molar-refractivity contribution is 7.89. The number of rotatable bonds is 6. The first-order valence-electron chi connectivity index (χ1n) is 6.89. The predicted octanol–water partition coefficient (Wildman–Crippen LogP) is 0.659. The van der Waals surface area contributed by atoms with E-state index >= 15 is 0 Å². The van der Waals surface area contributed by atoms with Crippen LogP contribution in [0.25, 0.3) is 0 Å². The summed E-state index contributed by atoms with van der Waals surface area (Å²) in [7, 11) is -2.05. The molecule has 1 aliphatic rings. The van der Waals surface area contributed by atoms with Gasteiger partial charge in [0, 0.05) is 26.4 Å². The van der Waals surface area contributed by atoms with Crippen molar-refractivity contribution >= 4 is 16.0 Å². The van der Waals surface area contributed by atoms with Crippen LogP contribution in [0.3, 0.4) is 0 Å². The van der Waals surface area contributed by atoms with Crippen molar-refractivity contribution in [1.29, 1.82) is 0 Å². The number of hydrogen-bond donors (Lipinski definition) is 1. The minimum atomic E-state index is -3.66. The number of nitrogens with one attached hydrogen (secondary N) is 1. The standard InChI is InChI=1S/C13H20N2O5S/c1-3-19-13(16)12-7-11(9-15(12)2)21(17,18)14-8-10-5-4-6-20-10/h7,9-10,14H,3-6,8H2,1-2H3. The lowest BCUT2D eigenvalue weighted by Gasteiger charge is -2.10. The normalized spacial score (nSPS) is 18.9. The van der Waals surface area contributed by atoms with Crippen molar-refractivity contribution in [2.24, 2.45) is 7.05 Å². The average Bonchev–Trinajstić information content (AvgIpc) is 3.06. The van der Waals surface area contributed by atoms with E-state index < -0.39 is 16.0 Å². The summed E-state index contributed by atoms with van der Waals surface area (Å²) in [5.41, 5.74) is 0.203. The quantitative estimate of drug-likeness (QED) is 0.779. The molecule has 2 heterocycles. The third kappa shape index (κ3) is 3.84. The minimum Gasteiger partial charge on any atom is -0.461 e. The van der Waals surface area contributed by atoms with Crippen LogP contribution in [0.1, 0.15) is 30.3 Å². The Labute approximate surface area is 124 Å². The molecule has 2 rings (SSSR count). The maximum Gasteiger partial charge on any atom is 0.354 e. The third-order valence-electron chi connectivity index (χ3n) is 3.30. The molecule has 0 saturated carbocycles. The highest BCUT2D eigenvalue weighted by Gasteiger charge is 2.23. The molecule has 1 atom stereocenters. The number of hydrogen-bond acceptors (Lipinski definition) is 5. The summed E-state index contributed by atoms with van der Waals surface area (Å²) in [6, 6.07) is 1.32. The van der Waals surface area contributed by atoms with Crippen molar-refractivity contribution < 1.29 is 22.7 Å². The number of sulfonamides is 1. The van der Waals surface area contributed by atoms with Crippen molar-refractivity contribution in [3.63, 3.8) is 0 Å². The Kier molecular flexibility index (Phi) is 5.02. The number of esters is 1. The Morgan fingerprint density at radius 2 is 2.33 bits per heavy atom. The Bertz CT molecular complexity index is 602. The SMILES string of the molecule is CCOC(=O)c1cc(S(=O)(=O)NCC2CCCO2)cn1C. The highest BCUT2D eigenvalue weighted by atomic mass is 32.2. The minimum absolute atomic E-state index is 0.0473. The second kappa shape index (κ2) is 6.59. The van der Waals surface area contributed by atoms with E-state index in [4.69, 9.17) is 9.47 Å². The number of ether oxygens (including phenoxy) is 2. The van der Waals surface area contributed by atoms with Crippen molar-refractivity contribution in [3.05, 3.63) is 18.0 Å². The molecule has 8 heteroatoms. The third-order valence-corrected chi connectivity index (χ3v) is 4.69. The van der Waals surface area contributed by atoms with Gasteiger partial charge in [-0.15, -0.1) is 0 Å². The van der Waals surface area contributed by atoms with Crippen LogP contribution >= 0.6 is 0 Å². The van der Waals surface area contributed by atoms with Gasteiger partial charge in [-0.1, -0.05) is 0 Å². The molecule has 118 valence electrons. The fourth-order valence-electron chi connectivity index (χ4n) is 2.18. The molecule has 0 amide bonds. The topological polar surface area (TPSA) is 86.6 Å². The number of aromatic nitrogens is 1. The molecule has 1 aromatic rings. The first-order chi connectivity index (χ1) is 9.94. The van der Waals surface area contributed by atoms with Crippen molar-refractivity contribution in [1.82, 2.24) is 9.29 Å². The lowest BCUT2D eigenvalue weighted by molar-refractivity contribution is 0.0515. The Morgan fingerprint density at radius 3 is 2.95 bits per heavy atom. The van der Waals surface area contributed by atoms with E-state index in [1.165, 1.54) is 16.8 Å². The summed E-state index contributed by atoms with van der Waals surface area (Å²) < 4.78 is 38.6. The molecular formula is C13H20N2O5S. The number of carbonyl (C=O) groups excluding carboxylic acids is 1. The molecule has 0 radical (unpaired) electrons. The van der Waals surface area contributed by atoms with E-state index in [-0.39, 0.29) is 29.8 Å². The van der Waals surface area contributed by atoms with Crippen molar-refractivity contribution in [2.45, 2.75) is 30.8 Å². The van der Waals surface area contributed by atoms with Gasteiger partial charge in [-0.25, -0.2) is 17.9 Å². The lowest BCUT2D eigenvalue weighted by Crippen LogP contribution is -2.31. The summed E-state index contributed by atoms with van der Waals surface area (Å²) in [5, 5.41) is 0. The molecule has 1 saturated heterocycles. The second-order valence-electron chi connectivity index (χ2n) is 4.88. The van der Waals surface area contributed by atoms with Gasteiger partial charge in [0.05, 0.1) is 12.7 Å². The molecule has 1 N–H and O–H groups in total. The maximum atomic E-state index is 12.2. The van der Waals surface area contributed by atoms with Gasteiger partial charge < -0.3 is 14.0 Å². The van der Waals surface area contributed by atoms with E-state index in [0.717, 1.165) is 12.8 Å². The Hall–Kier alpha value is -1.38. The smallest absolute Gasteiger partial charge is 0.354 e. The van der Waals surface area contributed by atoms with E-state index in [9.17, 15) is 13.2 Å². The van der Waals surface area contributed by atoms with Crippen LogP contribution in [0.5, 0.6) is 0 Å². The first kappa shape index (κ1) is 16.0. The number of nitrogens with zero attached hydrogens (tertiary/aromatic N) is 1. The van der Waals surface area contributed by atoms with E-state index in [2.05, 4.69) is 4.72 Å². The molecule has 0 aromatic carbocycles. The van der Waals surface area contributed by atoms with Gasteiger partial charge in [-0.05, 0) is 25.8 Å². The van der Waals surface area contributed by atoms with E-state index in [1.807, 2.05) is 0 Å². The van der Waals surface area contributed by atoms with E-state index in [1.54, 1.807) is 14.0 Å². The van der Waals surface area contributed by atoms with Crippen LogP contribution in [0.15, 0.2) is 17.2 Å². The number of aryl methyl sites for hydroxylation is 1. The van der Waals surface area contributed by atoms with Gasteiger partial charge in [-0.2, -0.15) is 0 Å². The average molecular weight is 316 g/mol. The van der Waals surface area contributed by atoms with Gasteiger partial charge in [0.2, 0.25) is 10.0 Å². The molecule has 1 aromatic heterocycles. The van der Waals surface area contributed by atoms with Gasteiger partial charge in [0.25, 0.3) is 0 Å². The summed E-state index contributed by atoms with van der Waals surface area (Å²) in [6.07, 6.45) is 3.12. The zero-order valence-corrected chi connectivity index (χ0v) is 13.0. The van der Waals surface area contributed by atoms with Crippen molar-refractivity contribution in [2.75, 3.05) is 19.8 Å². The summed E-state index contributed by atoms with van der Waals surface area (Å²) in [6.45, 7) is 2.85. The monoisotopic (exact) mass is 316 g/mol. The molecule has 1 aliphatic heterocycles. The first-order valence-corrected chi connectivity index (χ1v) is 8.37. The summed E-state index contributed by atoms with van der Waals surface area (Å²) >= 11 is 0. The molecule has 21 heavy (non-hydrogen) atoms. The van der Waals surface area contributed by atoms with Crippen molar-refractivity contribution in [3.8, 4) is 0 Å². The fraction of sp³-hybridized carbons (Fsp3) is 0.615. The molecule has 0 spiro atoms. The molecule has 7 nitrogen and oxygen atoms in total. The maximum absolute atomic E-state index is 12.2. The van der Waals surface area contributed by atoms with Crippen LogP contribution in [0.4, 0.5) is 0 Å². The van der Waals surface area contributed by atoms with Crippen LogP contribution in [0.2, 0.25) is 0 Å². The summed E-state index contributed by atoms with van der Waals surface area (Å²) in [4.78, 5) is 11.7. The fourth-order valence-corrected chi connectivity index (χ4v) is 3.32. The Morgan fingerprint density at radius 1 is 1.57 bits per heavy atom. The van der Waals surface area contributed by atoms with Gasteiger partial charge in [0.15, 0.2) is 0 Å². The second-order valence-corrected chi connectivity index (χ2v) is 6.65. The van der Waals surface area contributed by atoms with Gasteiger partial charge >= 0.3 is 5.97 Å². The molecule has 1 unspecified atom stereocenters. The van der Waals surface area contributed by atoms with Crippen LogP contribution in [0, 0.1) is 0 Å². The van der Waals surface area contributed by atoms with Gasteiger partial charge in [-0.3, -0.25) is 0 Å². The number of carbonyl (C=O) groups is 1. The Balaban J connectivity index is 2.09. The zero-order valence-electron chi connectivity index (χ0n) is 12.2. The lowest BCUT2D eigenvalue weighted by atomic mass is 10.2. The van der Waals surface area contributed by atoms with Gasteiger partial charge in [0.1, 0.15) is 10.6 Å². The highest BCUT2D eigenvalue weighted by Crippen LogP contribution is 2.16. The van der Waals surface area contributed by atoms with Crippen LogP contribution in [-0.4, -0.2) is 44.8 Å². The van der Waals surface area contributed by atoms with Crippen LogP contribution < -0.4 is 4.72 Å². The molecule has 0 bridgehead atoms.